The summed E-state index contributed by atoms with van der Waals surface area (Å²) in [4.78, 5) is 22.8. The van der Waals surface area contributed by atoms with E-state index in [2.05, 4.69) is 4.74 Å². The molecule has 5 heteroatoms. The summed E-state index contributed by atoms with van der Waals surface area (Å²) < 4.78 is 9.50. The largest absolute Gasteiger partial charge is 0.497 e. The van der Waals surface area contributed by atoms with Crippen LogP contribution in [-0.4, -0.2) is 26.0 Å². The van der Waals surface area contributed by atoms with Crippen molar-refractivity contribution < 1.29 is 19.1 Å². The lowest BCUT2D eigenvalue weighted by molar-refractivity contribution is -0.140. The number of carbonyl (C=O) groups excluding carboxylic acids is 2. The molecule has 0 spiro atoms. The second-order valence-electron chi connectivity index (χ2n) is 3.70. The molecule has 4 nitrogen and oxygen atoms in total. The van der Waals surface area contributed by atoms with Crippen LogP contribution in [0.2, 0.25) is 5.02 Å². The Hall–Kier alpha value is -1.55. The summed E-state index contributed by atoms with van der Waals surface area (Å²) in [6, 6.07) is 4.90. The predicted molar refractivity (Wildman–Crippen MR) is 68.2 cm³/mol. The summed E-state index contributed by atoms with van der Waals surface area (Å²) in [5, 5.41) is 0.359. The van der Waals surface area contributed by atoms with Gasteiger partial charge in [-0.3, -0.25) is 9.59 Å². The fourth-order valence-electron chi connectivity index (χ4n) is 1.48. The highest BCUT2D eigenvalue weighted by molar-refractivity contribution is 6.34. The first-order chi connectivity index (χ1) is 8.58. The standard InChI is InChI=1S/C13H15ClO4/c1-17-9-6-7-10(11(14)8-9)12(15)4-3-5-13(16)18-2/h6-8H,3-5H2,1-2H3. The highest BCUT2D eigenvalue weighted by atomic mass is 35.5. The van der Waals surface area contributed by atoms with Gasteiger partial charge in [0.05, 0.1) is 19.2 Å². The number of esters is 1. The monoisotopic (exact) mass is 270 g/mol. The van der Waals surface area contributed by atoms with Crippen LogP contribution in [0.5, 0.6) is 5.75 Å². The van der Waals surface area contributed by atoms with Gasteiger partial charge in [0, 0.05) is 18.4 Å². The zero-order chi connectivity index (χ0) is 13.5. The van der Waals surface area contributed by atoms with Crippen molar-refractivity contribution >= 4 is 23.4 Å². The van der Waals surface area contributed by atoms with Crippen LogP contribution >= 0.6 is 11.6 Å². The number of hydrogen-bond acceptors (Lipinski definition) is 4. The number of Topliss-reactive ketones (excluding diaryl/α,β-unsaturated/α-hetero) is 1. The van der Waals surface area contributed by atoms with E-state index in [9.17, 15) is 9.59 Å². The lowest BCUT2D eigenvalue weighted by atomic mass is 10.1. The van der Waals surface area contributed by atoms with Crippen LogP contribution < -0.4 is 4.74 Å². The summed E-state index contributed by atoms with van der Waals surface area (Å²) in [6.07, 6.45) is 0.949. The number of benzene rings is 1. The van der Waals surface area contributed by atoms with Crippen LogP contribution in [0.4, 0.5) is 0 Å². The molecular weight excluding hydrogens is 256 g/mol. The highest BCUT2D eigenvalue weighted by Gasteiger charge is 2.12. The van der Waals surface area contributed by atoms with Crippen LogP contribution in [-0.2, 0) is 9.53 Å². The summed E-state index contributed by atoms with van der Waals surface area (Å²) >= 11 is 5.98. The van der Waals surface area contributed by atoms with E-state index < -0.39 is 0 Å². The predicted octanol–water partition coefficient (Wildman–Crippen LogP) is 2.87. The first-order valence-corrected chi connectivity index (χ1v) is 5.90. The van der Waals surface area contributed by atoms with Gasteiger partial charge in [-0.2, -0.15) is 0 Å². The molecule has 0 aromatic heterocycles. The molecule has 0 aliphatic heterocycles. The molecular formula is C13H15ClO4. The molecule has 0 aliphatic rings. The average Bonchev–Trinajstić information content (AvgIpc) is 2.37. The second kappa shape index (κ2) is 7.01. The first kappa shape index (κ1) is 14.5. The minimum Gasteiger partial charge on any atom is -0.497 e. The van der Waals surface area contributed by atoms with Gasteiger partial charge in [-0.05, 0) is 24.6 Å². The van der Waals surface area contributed by atoms with E-state index in [1.165, 1.54) is 14.2 Å². The van der Waals surface area contributed by atoms with Crippen LogP contribution in [0.3, 0.4) is 0 Å². The van der Waals surface area contributed by atoms with E-state index in [-0.39, 0.29) is 24.6 Å². The molecule has 0 saturated carbocycles. The Balaban J connectivity index is 2.59. The van der Waals surface area contributed by atoms with E-state index in [0.29, 0.717) is 22.8 Å². The number of carbonyl (C=O) groups is 2. The zero-order valence-corrected chi connectivity index (χ0v) is 11.1. The molecule has 0 heterocycles. The normalized spacial score (nSPS) is 9.94. The van der Waals surface area contributed by atoms with Gasteiger partial charge in [0.1, 0.15) is 5.75 Å². The van der Waals surface area contributed by atoms with Gasteiger partial charge < -0.3 is 9.47 Å². The van der Waals surface area contributed by atoms with Crippen molar-refractivity contribution in [2.75, 3.05) is 14.2 Å². The molecule has 0 bridgehead atoms. The van der Waals surface area contributed by atoms with Crippen LogP contribution in [0, 0.1) is 0 Å². The molecule has 0 radical (unpaired) electrons. The van der Waals surface area contributed by atoms with Gasteiger partial charge >= 0.3 is 5.97 Å². The third-order valence-corrected chi connectivity index (χ3v) is 2.80. The fraction of sp³-hybridized carbons (Fsp3) is 0.385. The summed E-state index contributed by atoms with van der Waals surface area (Å²) in [7, 11) is 2.86. The highest BCUT2D eigenvalue weighted by Crippen LogP contribution is 2.23. The van der Waals surface area contributed by atoms with Crippen molar-refractivity contribution in [2.45, 2.75) is 19.3 Å². The van der Waals surface area contributed by atoms with E-state index in [0.717, 1.165) is 0 Å². The maximum absolute atomic E-state index is 11.9. The molecule has 1 rings (SSSR count). The van der Waals surface area contributed by atoms with E-state index in [4.69, 9.17) is 16.3 Å². The maximum atomic E-state index is 11.9. The second-order valence-corrected chi connectivity index (χ2v) is 4.11. The fourth-order valence-corrected chi connectivity index (χ4v) is 1.75. The third kappa shape index (κ3) is 4.04. The molecule has 1 aromatic rings. The molecule has 0 atom stereocenters. The molecule has 0 amide bonds. The van der Waals surface area contributed by atoms with Gasteiger partial charge in [0.2, 0.25) is 0 Å². The Morgan fingerprint density at radius 2 is 1.94 bits per heavy atom. The summed E-state index contributed by atoms with van der Waals surface area (Å²) in [5.41, 5.74) is 0.447. The molecule has 98 valence electrons. The van der Waals surface area contributed by atoms with Crippen molar-refractivity contribution in [2.24, 2.45) is 0 Å². The summed E-state index contributed by atoms with van der Waals surface area (Å²) in [5.74, 6) is 0.196. The zero-order valence-electron chi connectivity index (χ0n) is 10.4. The Bertz CT molecular complexity index is 443. The van der Waals surface area contributed by atoms with Gasteiger partial charge in [-0.15, -0.1) is 0 Å². The number of halogens is 1. The molecule has 18 heavy (non-hydrogen) atoms. The topological polar surface area (TPSA) is 52.6 Å². The van der Waals surface area contributed by atoms with E-state index in [1.807, 2.05) is 0 Å². The minimum atomic E-state index is -0.316. The van der Waals surface area contributed by atoms with E-state index in [1.54, 1.807) is 18.2 Å². The van der Waals surface area contributed by atoms with E-state index >= 15 is 0 Å². The van der Waals surface area contributed by atoms with Gasteiger partial charge in [-0.1, -0.05) is 11.6 Å². The maximum Gasteiger partial charge on any atom is 0.305 e. The minimum absolute atomic E-state index is 0.0912. The molecule has 1 aromatic carbocycles. The van der Waals surface area contributed by atoms with Gasteiger partial charge in [-0.25, -0.2) is 0 Å². The smallest absolute Gasteiger partial charge is 0.305 e. The lowest BCUT2D eigenvalue weighted by Crippen LogP contribution is -2.04. The number of methoxy groups -OCH3 is 2. The van der Waals surface area contributed by atoms with Crippen molar-refractivity contribution in [1.29, 1.82) is 0 Å². The van der Waals surface area contributed by atoms with Crippen molar-refractivity contribution in [3.8, 4) is 5.75 Å². The molecule has 0 unspecified atom stereocenters. The van der Waals surface area contributed by atoms with Crippen molar-refractivity contribution in [3.63, 3.8) is 0 Å². The van der Waals surface area contributed by atoms with Gasteiger partial charge in [0.15, 0.2) is 5.78 Å². The number of hydrogen-bond donors (Lipinski definition) is 0. The molecule has 0 saturated heterocycles. The van der Waals surface area contributed by atoms with Crippen LogP contribution in [0.15, 0.2) is 18.2 Å². The summed E-state index contributed by atoms with van der Waals surface area (Å²) in [6.45, 7) is 0. The number of ether oxygens (including phenoxy) is 2. The Labute approximate surface area is 111 Å². The lowest BCUT2D eigenvalue weighted by Gasteiger charge is -2.05. The van der Waals surface area contributed by atoms with Gasteiger partial charge in [0.25, 0.3) is 0 Å². The third-order valence-electron chi connectivity index (χ3n) is 2.49. The molecule has 0 aliphatic carbocycles. The first-order valence-electron chi connectivity index (χ1n) is 5.52. The van der Waals surface area contributed by atoms with Crippen molar-refractivity contribution in [3.05, 3.63) is 28.8 Å². The Morgan fingerprint density at radius 3 is 2.50 bits per heavy atom. The quantitative estimate of drug-likeness (QED) is 0.589. The SMILES string of the molecule is COC(=O)CCCC(=O)c1ccc(OC)cc1Cl. The average molecular weight is 271 g/mol. The van der Waals surface area contributed by atoms with Crippen molar-refractivity contribution in [1.82, 2.24) is 0 Å². The number of ketones is 1. The Kier molecular flexibility index (Phi) is 5.65. The molecule has 0 N–H and O–H groups in total. The Morgan fingerprint density at radius 1 is 1.22 bits per heavy atom. The number of rotatable bonds is 6. The van der Waals surface area contributed by atoms with Crippen LogP contribution in [0.1, 0.15) is 29.6 Å². The molecule has 0 fully saturated rings. The van der Waals surface area contributed by atoms with Crippen LogP contribution in [0.25, 0.3) is 0 Å².